The molecule has 6 heteroatoms. The number of ether oxygens (including phenoxy) is 1. The molecule has 0 aliphatic carbocycles. The van der Waals surface area contributed by atoms with Gasteiger partial charge in [-0.05, 0) is 25.0 Å². The molecule has 2 aromatic carbocycles. The van der Waals surface area contributed by atoms with Crippen molar-refractivity contribution < 1.29 is 23.1 Å². The van der Waals surface area contributed by atoms with Crippen LogP contribution in [0.2, 0.25) is 0 Å². The molecule has 0 radical (unpaired) electrons. The van der Waals surface area contributed by atoms with Crippen LogP contribution in [0.5, 0.6) is 0 Å². The Labute approximate surface area is 144 Å². The van der Waals surface area contributed by atoms with Gasteiger partial charge in [-0.2, -0.15) is 0 Å². The van der Waals surface area contributed by atoms with Gasteiger partial charge in [-0.1, -0.05) is 36.4 Å². The predicted molar refractivity (Wildman–Crippen MR) is 86.8 cm³/mol. The molecule has 25 heavy (non-hydrogen) atoms. The van der Waals surface area contributed by atoms with E-state index < -0.39 is 29.3 Å². The van der Waals surface area contributed by atoms with E-state index in [2.05, 4.69) is 0 Å². The van der Waals surface area contributed by atoms with E-state index in [9.17, 15) is 18.4 Å². The molecular weight excluding hydrogens is 328 g/mol. The topological polar surface area (TPSA) is 46.6 Å². The van der Waals surface area contributed by atoms with Gasteiger partial charge in [-0.25, -0.2) is 13.6 Å². The number of hydrogen-bond acceptors (Lipinski definition) is 3. The first-order valence-corrected chi connectivity index (χ1v) is 8.06. The van der Waals surface area contributed by atoms with Crippen molar-refractivity contribution in [3.8, 4) is 0 Å². The number of benzene rings is 2. The van der Waals surface area contributed by atoms with Crippen LogP contribution in [-0.2, 0) is 9.53 Å². The van der Waals surface area contributed by atoms with Crippen molar-refractivity contribution in [3.63, 3.8) is 0 Å². The van der Waals surface area contributed by atoms with Crippen molar-refractivity contribution in [2.75, 3.05) is 13.1 Å². The van der Waals surface area contributed by atoms with Crippen molar-refractivity contribution in [1.29, 1.82) is 0 Å². The van der Waals surface area contributed by atoms with E-state index in [-0.39, 0.29) is 5.91 Å². The van der Waals surface area contributed by atoms with Crippen LogP contribution in [0.15, 0.2) is 48.5 Å². The highest BCUT2D eigenvalue weighted by Crippen LogP contribution is 2.25. The number of likely N-dealkylation sites (tertiary alicyclic amines) is 1. The number of carbonyl (C=O) groups excluding carboxylic acids is 2. The summed E-state index contributed by atoms with van der Waals surface area (Å²) in [4.78, 5) is 26.7. The van der Waals surface area contributed by atoms with Gasteiger partial charge < -0.3 is 9.64 Å². The summed E-state index contributed by atoms with van der Waals surface area (Å²) >= 11 is 0. The van der Waals surface area contributed by atoms with Gasteiger partial charge in [0.2, 0.25) is 6.10 Å². The van der Waals surface area contributed by atoms with Crippen LogP contribution in [0, 0.1) is 11.6 Å². The molecule has 0 N–H and O–H groups in total. The van der Waals surface area contributed by atoms with Crippen LogP contribution in [0.3, 0.4) is 0 Å². The van der Waals surface area contributed by atoms with E-state index in [1.165, 1.54) is 0 Å². The fraction of sp³-hybridized carbons (Fsp3) is 0.263. The highest BCUT2D eigenvalue weighted by Gasteiger charge is 2.32. The second kappa shape index (κ2) is 7.42. The number of rotatable bonds is 4. The van der Waals surface area contributed by atoms with E-state index in [1.54, 1.807) is 35.2 Å². The normalized spacial score (nSPS) is 15.0. The molecule has 1 fully saturated rings. The van der Waals surface area contributed by atoms with Gasteiger partial charge >= 0.3 is 5.97 Å². The minimum atomic E-state index is -1.23. The number of nitrogens with zero attached hydrogens (tertiary/aromatic N) is 1. The second-order valence-corrected chi connectivity index (χ2v) is 5.83. The Bertz CT molecular complexity index is 753. The largest absolute Gasteiger partial charge is 0.444 e. The molecule has 0 unspecified atom stereocenters. The van der Waals surface area contributed by atoms with Gasteiger partial charge in [0.25, 0.3) is 5.91 Å². The minimum Gasteiger partial charge on any atom is -0.444 e. The lowest BCUT2D eigenvalue weighted by molar-refractivity contribution is -0.140. The van der Waals surface area contributed by atoms with E-state index in [0.29, 0.717) is 18.7 Å². The first-order valence-electron chi connectivity index (χ1n) is 8.06. The van der Waals surface area contributed by atoms with Crippen LogP contribution in [-0.4, -0.2) is 29.9 Å². The highest BCUT2D eigenvalue weighted by atomic mass is 19.1. The molecule has 1 heterocycles. The lowest BCUT2D eigenvalue weighted by Gasteiger charge is -2.23. The molecule has 0 aromatic heterocycles. The quantitative estimate of drug-likeness (QED) is 0.797. The molecule has 1 saturated heterocycles. The Balaban J connectivity index is 1.89. The molecule has 1 amide bonds. The van der Waals surface area contributed by atoms with E-state index in [1.807, 2.05) is 0 Å². The molecule has 1 aliphatic heterocycles. The Kier molecular flexibility index (Phi) is 5.07. The number of hydrogen-bond donors (Lipinski definition) is 0. The number of carbonyl (C=O) groups is 2. The van der Waals surface area contributed by atoms with E-state index >= 15 is 0 Å². The fourth-order valence-corrected chi connectivity index (χ4v) is 2.85. The van der Waals surface area contributed by atoms with Crippen LogP contribution < -0.4 is 0 Å². The lowest BCUT2D eigenvalue weighted by atomic mass is 10.1. The summed E-state index contributed by atoms with van der Waals surface area (Å²) in [6.45, 7) is 1.15. The zero-order valence-electron chi connectivity index (χ0n) is 13.5. The fourth-order valence-electron chi connectivity index (χ4n) is 2.85. The van der Waals surface area contributed by atoms with Gasteiger partial charge in [0, 0.05) is 18.7 Å². The van der Waals surface area contributed by atoms with Gasteiger partial charge in [-0.15, -0.1) is 0 Å². The van der Waals surface area contributed by atoms with Gasteiger partial charge in [0.1, 0.15) is 17.2 Å². The third-order valence-electron chi connectivity index (χ3n) is 4.14. The molecule has 0 spiro atoms. The number of esters is 1. The summed E-state index contributed by atoms with van der Waals surface area (Å²) in [6.07, 6.45) is 0.525. The van der Waals surface area contributed by atoms with E-state index in [4.69, 9.17) is 4.74 Å². The number of halogens is 2. The second-order valence-electron chi connectivity index (χ2n) is 5.83. The van der Waals surface area contributed by atoms with Crippen molar-refractivity contribution in [2.24, 2.45) is 0 Å². The molecular formula is C19H17F2NO3. The van der Waals surface area contributed by atoms with Crippen LogP contribution in [0.25, 0.3) is 0 Å². The number of amides is 1. The molecule has 4 nitrogen and oxygen atoms in total. The lowest BCUT2D eigenvalue weighted by Crippen LogP contribution is -2.35. The summed E-state index contributed by atoms with van der Waals surface area (Å²) in [6, 6.07) is 11.6. The molecule has 1 atom stereocenters. The maximum atomic E-state index is 13.8. The first-order chi connectivity index (χ1) is 12.1. The molecule has 0 bridgehead atoms. The summed E-state index contributed by atoms with van der Waals surface area (Å²) in [5, 5.41) is 0. The maximum absolute atomic E-state index is 13.8. The average Bonchev–Trinajstić information content (AvgIpc) is 3.14. The summed E-state index contributed by atoms with van der Waals surface area (Å²) in [5.74, 6) is -3.62. The van der Waals surface area contributed by atoms with Crippen molar-refractivity contribution in [2.45, 2.75) is 18.9 Å². The average molecular weight is 345 g/mol. The highest BCUT2D eigenvalue weighted by molar-refractivity contribution is 5.93. The first kappa shape index (κ1) is 17.1. The molecule has 3 rings (SSSR count). The smallest absolute Gasteiger partial charge is 0.345 e. The summed E-state index contributed by atoms with van der Waals surface area (Å²) in [7, 11) is 0. The third kappa shape index (κ3) is 3.68. The Hall–Kier alpha value is -2.76. The standard InChI is InChI=1S/C19H17F2NO3/c20-14-9-6-10-15(21)16(14)19(24)25-17(13-7-2-1-3-8-13)18(23)22-11-4-5-12-22/h1-3,6-10,17H,4-5,11-12H2/t17-/m0/s1. The molecule has 130 valence electrons. The van der Waals surface area contributed by atoms with Crippen LogP contribution in [0.4, 0.5) is 8.78 Å². The Morgan fingerprint density at radius 3 is 2.12 bits per heavy atom. The monoisotopic (exact) mass is 345 g/mol. The van der Waals surface area contributed by atoms with Gasteiger partial charge in [-0.3, -0.25) is 4.79 Å². The Morgan fingerprint density at radius 2 is 1.52 bits per heavy atom. The Morgan fingerprint density at radius 1 is 0.920 bits per heavy atom. The molecule has 0 saturated carbocycles. The van der Waals surface area contributed by atoms with Crippen molar-refractivity contribution >= 4 is 11.9 Å². The summed E-state index contributed by atoms with van der Waals surface area (Å²) < 4.78 is 32.9. The maximum Gasteiger partial charge on any atom is 0.345 e. The van der Waals surface area contributed by atoms with Gasteiger partial charge in [0.05, 0.1) is 0 Å². The van der Waals surface area contributed by atoms with Crippen molar-refractivity contribution in [3.05, 3.63) is 71.3 Å². The van der Waals surface area contributed by atoms with E-state index in [0.717, 1.165) is 31.0 Å². The van der Waals surface area contributed by atoms with Gasteiger partial charge in [0.15, 0.2) is 0 Å². The third-order valence-corrected chi connectivity index (χ3v) is 4.14. The predicted octanol–water partition coefficient (Wildman–Crippen LogP) is 3.49. The summed E-state index contributed by atoms with van der Waals surface area (Å²) in [5.41, 5.74) is -0.331. The van der Waals surface area contributed by atoms with Crippen molar-refractivity contribution in [1.82, 2.24) is 4.90 Å². The zero-order valence-corrected chi connectivity index (χ0v) is 13.5. The molecule has 1 aliphatic rings. The van der Waals surface area contributed by atoms with Crippen LogP contribution in [0.1, 0.15) is 34.9 Å². The SMILES string of the molecule is O=C(O[C@H](C(=O)N1CCCC1)c1ccccc1)c1c(F)cccc1F. The zero-order chi connectivity index (χ0) is 17.8. The minimum absolute atomic E-state index is 0.381. The molecule has 2 aromatic rings. The van der Waals surface area contributed by atoms with Crippen LogP contribution >= 0.6 is 0 Å².